The fraction of sp³-hybridized carbons (Fsp3) is 0.350. The highest BCUT2D eigenvalue weighted by Gasteiger charge is 2.39. The molecule has 3 rings (SSSR count). The molecule has 1 saturated heterocycles. The van der Waals surface area contributed by atoms with Crippen LogP contribution in [0.15, 0.2) is 53.4 Å². The summed E-state index contributed by atoms with van der Waals surface area (Å²) in [6.07, 6.45) is -4.78. The Labute approximate surface area is 173 Å². The molecule has 1 heterocycles. The minimum atomic E-state index is -4.78. The van der Waals surface area contributed by atoms with Crippen LogP contribution in [0.4, 0.5) is 18.9 Å². The molecule has 1 aliphatic heterocycles. The average molecular weight is 441 g/mol. The molecule has 6 nitrogen and oxygen atoms in total. The first-order valence-corrected chi connectivity index (χ1v) is 10.7. The summed E-state index contributed by atoms with van der Waals surface area (Å²) in [5.41, 5.74) is 0.217. The number of nitrogens with zero attached hydrogens (tertiary/aromatic N) is 3. The van der Waals surface area contributed by atoms with Crippen molar-refractivity contribution in [3.05, 3.63) is 59.7 Å². The smallest absolute Gasteiger partial charge is 0.378 e. The minimum Gasteiger partial charge on any atom is -0.378 e. The van der Waals surface area contributed by atoms with Gasteiger partial charge in [-0.1, -0.05) is 12.1 Å². The lowest BCUT2D eigenvalue weighted by Crippen LogP contribution is -2.50. The molecule has 0 radical (unpaired) electrons. The predicted molar refractivity (Wildman–Crippen MR) is 107 cm³/mol. The third-order valence-corrected chi connectivity index (χ3v) is 6.92. The maximum absolute atomic E-state index is 13.2. The van der Waals surface area contributed by atoms with Gasteiger partial charge in [0.25, 0.3) is 5.91 Å². The van der Waals surface area contributed by atoms with Gasteiger partial charge in [-0.3, -0.25) is 4.79 Å². The largest absolute Gasteiger partial charge is 0.417 e. The zero-order valence-electron chi connectivity index (χ0n) is 16.6. The first kappa shape index (κ1) is 22.1. The van der Waals surface area contributed by atoms with Crippen molar-refractivity contribution in [2.45, 2.75) is 11.1 Å². The molecule has 0 atom stereocenters. The Morgan fingerprint density at radius 1 is 0.933 bits per heavy atom. The number of anilines is 1. The van der Waals surface area contributed by atoms with Crippen molar-refractivity contribution in [1.82, 2.24) is 9.21 Å². The van der Waals surface area contributed by atoms with Crippen LogP contribution in [-0.2, 0) is 16.2 Å². The quantitative estimate of drug-likeness (QED) is 0.732. The number of carbonyl (C=O) groups excluding carboxylic acids is 1. The van der Waals surface area contributed by atoms with Gasteiger partial charge in [0.1, 0.15) is 0 Å². The van der Waals surface area contributed by atoms with Crippen LogP contribution in [0.5, 0.6) is 0 Å². The van der Waals surface area contributed by atoms with E-state index < -0.39 is 26.7 Å². The highest BCUT2D eigenvalue weighted by atomic mass is 32.2. The SMILES string of the molecule is CN(C)c1ccc(C(=O)N2CCN(S(=O)(=O)c3ccccc3C(F)(F)F)CC2)cc1. The number of carbonyl (C=O) groups is 1. The number of amides is 1. The van der Waals surface area contributed by atoms with E-state index >= 15 is 0 Å². The molecular formula is C20H22F3N3O3S. The lowest BCUT2D eigenvalue weighted by atomic mass is 10.1. The number of rotatable bonds is 4. The van der Waals surface area contributed by atoms with Crippen molar-refractivity contribution >= 4 is 21.6 Å². The van der Waals surface area contributed by atoms with Crippen molar-refractivity contribution < 1.29 is 26.4 Å². The highest BCUT2D eigenvalue weighted by Crippen LogP contribution is 2.35. The van der Waals surface area contributed by atoms with Gasteiger partial charge in [0.2, 0.25) is 10.0 Å². The number of benzene rings is 2. The molecule has 0 aliphatic carbocycles. The summed E-state index contributed by atoms with van der Waals surface area (Å²) in [5, 5.41) is 0. The summed E-state index contributed by atoms with van der Waals surface area (Å²) in [7, 11) is -0.570. The first-order chi connectivity index (χ1) is 14.0. The molecule has 0 spiro atoms. The summed E-state index contributed by atoms with van der Waals surface area (Å²) in [6, 6.07) is 11.1. The molecule has 0 unspecified atom stereocenters. The molecule has 2 aromatic carbocycles. The van der Waals surface area contributed by atoms with Crippen LogP contribution >= 0.6 is 0 Å². The number of hydrogen-bond acceptors (Lipinski definition) is 4. The third kappa shape index (κ3) is 4.44. The highest BCUT2D eigenvalue weighted by molar-refractivity contribution is 7.89. The molecular weight excluding hydrogens is 419 g/mol. The van der Waals surface area contributed by atoms with Crippen LogP contribution in [0, 0.1) is 0 Å². The molecule has 1 fully saturated rings. The lowest BCUT2D eigenvalue weighted by molar-refractivity contribution is -0.139. The van der Waals surface area contributed by atoms with Crippen molar-refractivity contribution in [2.75, 3.05) is 45.2 Å². The molecule has 10 heteroatoms. The molecule has 30 heavy (non-hydrogen) atoms. The van der Waals surface area contributed by atoms with Gasteiger partial charge >= 0.3 is 6.18 Å². The summed E-state index contributed by atoms with van der Waals surface area (Å²) in [4.78, 5) is 15.3. The zero-order chi connectivity index (χ0) is 22.1. The second-order valence-electron chi connectivity index (χ2n) is 7.13. The van der Waals surface area contributed by atoms with E-state index in [9.17, 15) is 26.4 Å². The van der Waals surface area contributed by atoms with E-state index in [1.165, 1.54) is 11.0 Å². The predicted octanol–water partition coefficient (Wildman–Crippen LogP) is 2.92. The Morgan fingerprint density at radius 2 is 1.50 bits per heavy atom. The molecule has 1 amide bonds. The monoisotopic (exact) mass is 441 g/mol. The summed E-state index contributed by atoms with van der Waals surface area (Å²) in [6.45, 7) is 0.0510. The summed E-state index contributed by atoms with van der Waals surface area (Å²) < 4.78 is 66.4. The van der Waals surface area contributed by atoms with E-state index in [2.05, 4.69) is 0 Å². The summed E-state index contributed by atoms with van der Waals surface area (Å²) in [5.74, 6) is -0.243. The number of halogens is 3. The zero-order valence-corrected chi connectivity index (χ0v) is 17.4. The van der Waals surface area contributed by atoms with Gasteiger partial charge in [-0.15, -0.1) is 0 Å². The van der Waals surface area contributed by atoms with Crippen molar-refractivity contribution in [2.24, 2.45) is 0 Å². The molecule has 0 aromatic heterocycles. The Kier molecular flexibility index (Phi) is 6.09. The molecule has 0 saturated carbocycles. The van der Waals surface area contributed by atoms with Crippen molar-refractivity contribution in [1.29, 1.82) is 0 Å². The number of piperazine rings is 1. The maximum atomic E-state index is 13.2. The Hall–Kier alpha value is -2.59. The topological polar surface area (TPSA) is 60.9 Å². The second kappa shape index (κ2) is 8.27. The van der Waals surface area contributed by atoms with Crippen LogP contribution < -0.4 is 4.90 Å². The van der Waals surface area contributed by atoms with Gasteiger partial charge in [-0.2, -0.15) is 17.5 Å². The van der Waals surface area contributed by atoms with E-state index in [0.29, 0.717) is 5.56 Å². The molecule has 0 N–H and O–H groups in total. The molecule has 0 bridgehead atoms. The van der Waals surface area contributed by atoms with E-state index in [1.807, 2.05) is 31.1 Å². The van der Waals surface area contributed by atoms with Crippen LogP contribution in [-0.4, -0.2) is 63.8 Å². The van der Waals surface area contributed by atoms with Gasteiger partial charge in [0.05, 0.1) is 10.5 Å². The second-order valence-corrected chi connectivity index (χ2v) is 9.04. The fourth-order valence-corrected chi connectivity index (χ4v) is 4.92. The normalized spacial score (nSPS) is 15.8. The van der Waals surface area contributed by atoms with Crippen LogP contribution in [0.25, 0.3) is 0 Å². The Bertz CT molecular complexity index is 1010. The standard InChI is InChI=1S/C20H22F3N3O3S/c1-24(2)16-9-7-15(8-10-16)19(27)25-11-13-26(14-12-25)30(28,29)18-6-4-3-5-17(18)20(21,22)23/h3-10H,11-14H2,1-2H3. The van der Waals surface area contributed by atoms with Gasteiger partial charge in [0, 0.05) is 51.5 Å². The Morgan fingerprint density at radius 3 is 2.03 bits per heavy atom. The van der Waals surface area contributed by atoms with Gasteiger partial charge in [-0.05, 0) is 36.4 Å². The van der Waals surface area contributed by atoms with E-state index in [4.69, 9.17) is 0 Å². The molecule has 1 aliphatic rings. The minimum absolute atomic E-state index is 0.0734. The van der Waals surface area contributed by atoms with Crippen LogP contribution in [0.3, 0.4) is 0 Å². The van der Waals surface area contributed by atoms with Gasteiger partial charge < -0.3 is 9.80 Å². The van der Waals surface area contributed by atoms with Crippen molar-refractivity contribution in [3.8, 4) is 0 Å². The van der Waals surface area contributed by atoms with Crippen LogP contribution in [0.2, 0.25) is 0 Å². The number of alkyl halides is 3. The molecule has 162 valence electrons. The van der Waals surface area contributed by atoms with E-state index in [0.717, 1.165) is 28.2 Å². The Balaban J connectivity index is 1.73. The van der Waals surface area contributed by atoms with Crippen molar-refractivity contribution in [3.63, 3.8) is 0 Å². The van der Waals surface area contributed by atoms with E-state index in [-0.39, 0.29) is 32.1 Å². The van der Waals surface area contributed by atoms with Crippen LogP contribution in [0.1, 0.15) is 15.9 Å². The van der Waals surface area contributed by atoms with E-state index in [1.54, 1.807) is 12.1 Å². The third-order valence-electron chi connectivity index (χ3n) is 4.97. The fourth-order valence-electron chi connectivity index (χ4n) is 3.28. The summed E-state index contributed by atoms with van der Waals surface area (Å²) >= 11 is 0. The number of hydrogen-bond donors (Lipinski definition) is 0. The first-order valence-electron chi connectivity index (χ1n) is 9.25. The van der Waals surface area contributed by atoms with Gasteiger partial charge in [-0.25, -0.2) is 8.42 Å². The molecule has 2 aromatic rings. The average Bonchev–Trinajstić information content (AvgIpc) is 2.73. The maximum Gasteiger partial charge on any atom is 0.417 e. The lowest BCUT2D eigenvalue weighted by Gasteiger charge is -2.34. The van der Waals surface area contributed by atoms with Gasteiger partial charge in [0.15, 0.2) is 0 Å². The number of sulfonamides is 1.